The molecule has 0 fully saturated rings. The molecule has 110 valence electrons. The Morgan fingerprint density at radius 2 is 1.48 bits per heavy atom. The van der Waals surface area contributed by atoms with Gasteiger partial charge in [0.15, 0.2) is 0 Å². The van der Waals surface area contributed by atoms with Crippen LogP contribution in [0.15, 0.2) is 48.5 Å². The molecule has 0 heterocycles. The lowest BCUT2D eigenvalue weighted by molar-refractivity contribution is -0.121. The number of amides is 1. The molecule has 0 radical (unpaired) electrons. The molecule has 0 saturated heterocycles. The number of rotatable bonds is 6. The molecule has 2 rings (SSSR count). The molecule has 4 nitrogen and oxygen atoms in total. The van der Waals surface area contributed by atoms with E-state index in [9.17, 15) is 15.0 Å². The zero-order valence-corrected chi connectivity index (χ0v) is 11.7. The van der Waals surface area contributed by atoms with Crippen molar-refractivity contribution in [2.24, 2.45) is 0 Å². The van der Waals surface area contributed by atoms with Crippen LogP contribution >= 0.6 is 0 Å². The third kappa shape index (κ3) is 5.18. The molecule has 4 heteroatoms. The quantitative estimate of drug-likeness (QED) is 0.763. The molecule has 0 aromatic heterocycles. The number of aromatic hydroxyl groups is 2. The van der Waals surface area contributed by atoms with Crippen molar-refractivity contribution in [3.05, 3.63) is 59.7 Å². The molecule has 0 atom stereocenters. The fourth-order valence-electron chi connectivity index (χ4n) is 2.12. The van der Waals surface area contributed by atoms with Crippen LogP contribution in [0.3, 0.4) is 0 Å². The summed E-state index contributed by atoms with van der Waals surface area (Å²) in [4.78, 5) is 11.7. The minimum absolute atomic E-state index is 0.0153. The standard InChI is InChI=1S/C17H19NO3/c19-15-5-1-3-13(11-15)7-8-17(21)18-10-9-14-4-2-6-16(20)12-14/h1-6,11-12,19-20H,7-10H2,(H,18,21). The number of phenolic OH excluding ortho intramolecular Hbond substituents is 2. The summed E-state index contributed by atoms with van der Waals surface area (Å²) < 4.78 is 0. The van der Waals surface area contributed by atoms with Gasteiger partial charge in [-0.1, -0.05) is 24.3 Å². The highest BCUT2D eigenvalue weighted by Gasteiger charge is 2.03. The summed E-state index contributed by atoms with van der Waals surface area (Å²) in [5.41, 5.74) is 1.93. The van der Waals surface area contributed by atoms with Gasteiger partial charge in [-0.05, 0) is 48.2 Å². The highest BCUT2D eigenvalue weighted by atomic mass is 16.3. The van der Waals surface area contributed by atoms with Gasteiger partial charge in [0.2, 0.25) is 5.91 Å². The highest BCUT2D eigenvalue weighted by molar-refractivity contribution is 5.76. The van der Waals surface area contributed by atoms with Gasteiger partial charge in [-0.15, -0.1) is 0 Å². The van der Waals surface area contributed by atoms with E-state index in [1.807, 2.05) is 12.1 Å². The number of phenols is 2. The minimum atomic E-state index is -0.0153. The van der Waals surface area contributed by atoms with E-state index in [4.69, 9.17) is 0 Å². The zero-order valence-electron chi connectivity index (χ0n) is 11.7. The number of carbonyl (C=O) groups excluding carboxylic acids is 1. The van der Waals surface area contributed by atoms with Gasteiger partial charge in [0.05, 0.1) is 0 Å². The van der Waals surface area contributed by atoms with Crippen molar-refractivity contribution >= 4 is 5.91 Å². The second-order valence-corrected chi connectivity index (χ2v) is 4.94. The maximum absolute atomic E-state index is 11.7. The summed E-state index contributed by atoms with van der Waals surface area (Å²) in [5.74, 6) is 0.443. The second-order valence-electron chi connectivity index (χ2n) is 4.94. The van der Waals surface area contributed by atoms with E-state index < -0.39 is 0 Å². The molecule has 0 aliphatic rings. The first-order valence-corrected chi connectivity index (χ1v) is 6.96. The second kappa shape index (κ2) is 7.33. The molecule has 0 unspecified atom stereocenters. The lowest BCUT2D eigenvalue weighted by atomic mass is 10.1. The van der Waals surface area contributed by atoms with Crippen LogP contribution in [0.25, 0.3) is 0 Å². The van der Waals surface area contributed by atoms with Crippen LogP contribution < -0.4 is 5.32 Å². The molecule has 1 amide bonds. The van der Waals surface area contributed by atoms with E-state index in [0.717, 1.165) is 11.1 Å². The Bertz CT molecular complexity index is 610. The zero-order chi connectivity index (χ0) is 15.1. The van der Waals surface area contributed by atoms with Gasteiger partial charge >= 0.3 is 0 Å². The summed E-state index contributed by atoms with van der Waals surface area (Å²) in [7, 11) is 0. The minimum Gasteiger partial charge on any atom is -0.508 e. The fourth-order valence-corrected chi connectivity index (χ4v) is 2.12. The largest absolute Gasteiger partial charge is 0.508 e. The highest BCUT2D eigenvalue weighted by Crippen LogP contribution is 2.12. The SMILES string of the molecule is O=C(CCc1cccc(O)c1)NCCc1cccc(O)c1. The molecular weight excluding hydrogens is 266 g/mol. The summed E-state index contributed by atoms with van der Waals surface area (Å²) in [6, 6.07) is 14.0. The average Bonchev–Trinajstić information content (AvgIpc) is 2.45. The van der Waals surface area contributed by atoms with Crippen molar-refractivity contribution < 1.29 is 15.0 Å². The maximum atomic E-state index is 11.7. The van der Waals surface area contributed by atoms with Crippen LogP contribution in [-0.2, 0) is 17.6 Å². The number of hydrogen-bond acceptors (Lipinski definition) is 3. The molecular formula is C17H19NO3. The monoisotopic (exact) mass is 285 g/mol. The molecule has 21 heavy (non-hydrogen) atoms. The number of benzene rings is 2. The normalized spacial score (nSPS) is 10.3. The Balaban J connectivity index is 1.70. The Hall–Kier alpha value is -2.49. The van der Waals surface area contributed by atoms with Crippen molar-refractivity contribution in [2.75, 3.05) is 6.54 Å². The lowest BCUT2D eigenvalue weighted by Gasteiger charge is -2.06. The number of nitrogens with one attached hydrogen (secondary N) is 1. The van der Waals surface area contributed by atoms with E-state index in [1.165, 1.54) is 0 Å². The molecule has 0 aliphatic carbocycles. The van der Waals surface area contributed by atoms with Crippen LogP contribution in [0.4, 0.5) is 0 Å². The molecule has 0 spiro atoms. The molecule has 2 aromatic carbocycles. The topological polar surface area (TPSA) is 69.6 Å². The fraction of sp³-hybridized carbons (Fsp3) is 0.235. The van der Waals surface area contributed by atoms with Crippen molar-refractivity contribution in [3.63, 3.8) is 0 Å². The van der Waals surface area contributed by atoms with E-state index in [0.29, 0.717) is 25.8 Å². The molecule has 2 aromatic rings. The van der Waals surface area contributed by atoms with Gasteiger partial charge in [0.1, 0.15) is 11.5 Å². The average molecular weight is 285 g/mol. The first kappa shape index (κ1) is 14.9. The van der Waals surface area contributed by atoms with E-state index >= 15 is 0 Å². The van der Waals surface area contributed by atoms with Gasteiger partial charge < -0.3 is 15.5 Å². The predicted molar refractivity (Wildman–Crippen MR) is 81.2 cm³/mol. The van der Waals surface area contributed by atoms with Crippen LogP contribution in [0, 0.1) is 0 Å². The van der Waals surface area contributed by atoms with Gasteiger partial charge in [0, 0.05) is 13.0 Å². The Morgan fingerprint density at radius 3 is 2.05 bits per heavy atom. The van der Waals surface area contributed by atoms with E-state index in [1.54, 1.807) is 36.4 Å². The summed E-state index contributed by atoms with van der Waals surface area (Å²) in [5, 5.41) is 21.5. The molecule has 3 N–H and O–H groups in total. The van der Waals surface area contributed by atoms with Crippen LogP contribution in [0.2, 0.25) is 0 Å². The van der Waals surface area contributed by atoms with Crippen LogP contribution in [0.5, 0.6) is 11.5 Å². The number of aryl methyl sites for hydroxylation is 1. The third-order valence-corrected chi connectivity index (χ3v) is 3.20. The first-order valence-electron chi connectivity index (χ1n) is 6.96. The van der Waals surface area contributed by atoms with Crippen molar-refractivity contribution in [3.8, 4) is 11.5 Å². The van der Waals surface area contributed by atoms with Crippen molar-refractivity contribution in [1.29, 1.82) is 0 Å². The van der Waals surface area contributed by atoms with Gasteiger partial charge in [-0.3, -0.25) is 4.79 Å². The first-order chi connectivity index (χ1) is 10.1. The Morgan fingerprint density at radius 1 is 0.905 bits per heavy atom. The van der Waals surface area contributed by atoms with Crippen molar-refractivity contribution in [2.45, 2.75) is 19.3 Å². The summed E-state index contributed by atoms with van der Waals surface area (Å²) in [6.07, 6.45) is 1.68. The van der Waals surface area contributed by atoms with Crippen LogP contribution in [0.1, 0.15) is 17.5 Å². The van der Waals surface area contributed by atoms with Gasteiger partial charge in [-0.2, -0.15) is 0 Å². The third-order valence-electron chi connectivity index (χ3n) is 3.20. The Kier molecular flexibility index (Phi) is 5.21. The van der Waals surface area contributed by atoms with Crippen molar-refractivity contribution in [1.82, 2.24) is 5.32 Å². The molecule has 0 bridgehead atoms. The van der Waals surface area contributed by atoms with E-state index in [-0.39, 0.29) is 17.4 Å². The number of carbonyl (C=O) groups is 1. The van der Waals surface area contributed by atoms with E-state index in [2.05, 4.69) is 5.32 Å². The van der Waals surface area contributed by atoms with Crippen LogP contribution in [-0.4, -0.2) is 22.7 Å². The smallest absolute Gasteiger partial charge is 0.220 e. The lowest BCUT2D eigenvalue weighted by Crippen LogP contribution is -2.25. The number of hydrogen-bond donors (Lipinski definition) is 3. The summed E-state index contributed by atoms with van der Waals surface area (Å²) >= 11 is 0. The van der Waals surface area contributed by atoms with Gasteiger partial charge in [-0.25, -0.2) is 0 Å². The molecule has 0 aliphatic heterocycles. The van der Waals surface area contributed by atoms with Gasteiger partial charge in [0.25, 0.3) is 0 Å². The summed E-state index contributed by atoms with van der Waals surface area (Å²) in [6.45, 7) is 0.544. The maximum Gasteiger partial charge on any atom is 0.220 e. The predicted octanol–water partition coefficient (Wildman–Crippen LogP) is 2.39. The Labute approximate surface area is 124 Å². The molecule has 0 saturated carbocycles.